The monoisotopic (exact) mass is 573 g/mol. The summed E-state index contributed by atoms with van der Waals surface area (Å²) in [7, 11) is -5.79. The predicted molar refractivity (Wildman–Crippen MR) is 114 cm³/mol. The van der Waals surface area contributed by atoms with Crippen LogP contribution in [0.4, 0.5) is 22.0 Å². The lowest BCUT2D eigenvalue weighted by molar-refractivity contribution is -0.274. The van der Waals surface area contributed by atoms with E-state index in [4.69, 9.17) is 9.79 Å². The molecule has 3 rings (SSSR count). The topological polar surface area (TPSA) is 95.9 Å². The van der Waals surface area contributed by atoms with Crippen molar-refractivity contribution in [3.63, 3.8) is 0 Å². The number of benzene rings is 2. The number of rotatable bonds is 6. The third-order valence-corrected chi connectivity index (χ3v) is 7.90. The largest absolute Gasteiger partial charge is 0.573 e. The molecular weight excluding hydrogens is 560 g/mol. The minimum atomic E-state index is -5.79. The summed E-state index contributed by atoms with van der Waals surface area (Å²) in [6.45, 7) is 1.53. The molecule has 3 aromatic rings. The van der Waals surface area contributed by atoms with Crippen LogP contribution in [0.5, 0.6) is 5.75 Å². The summed E-state index contributed by atoms with van der Waals surface area (Å²) in [6, 6.07) is 8.26. The average molecular weight is 574 g/mol. The van der Waals surface area contributed by atoms with Crippen LogP contribution in [0.3, 0.4) is 0 Å². The zero-order chi connectivity index (χ0) is 24.8. The SMILES string of the molecule is CC(NC(=O)c1ccc2sc(C(F)(F)P(=O)(O)O)c(Br)c2c1)c1cccc(OC(F)(F)F)c1. The molecule has 0 aliphatic rings. The van der Waals surface area contributed by atoms with E-state index in [1.54, 1.807) is 0 Å². The van der Waals surface area contributed by atoms with E-state index in [1.165, 1.54) is 37.3 Å². The number of alkyl halides is 5. The van der Waals surface area contributed by atoms with E-state index in [0.29, 0.717) is 16.9 Å². The van der Waals surface area contributed by atoms with Gasteiger partial charge in [0.2, 0.25) is 0 Å². The van der Waals surface area contributed by atoms with Crippen molar-refractivity contribution < 1.29 is 45.8 Å². The van der Waals surface area contributed by atoms with E-state index in [9.17, 15) is 31.3 Å². The molecule has 0 fully saturated rings. The Morgan fingerprint density at radius 1 is 1.15 bits per heavy atom. The lowest BCUT2D eigenvalue weighted by Crippen LogP contribution is -2.26. The Bertz CT molecular complexity index is 1260. The van der Waals surface area contributed by atoms with Crippen molar-refractivity contribution in [2.45, 2.75) is 25.0 Å². The second-order valence-electron chi connectivity index (χ2n) is 6.86. The van der Waals surface area contributed by atoms with Crippen LogP contribution in [0, 0.1) is 0 Å². The van der Waals surface area contributed by atoms with E-state index in [0.717, 1.165) is 12.1 Å². The van der Waals surface area contributed by atoms with E-state index in [2.05, 4.69) is 26.0 Å². The number of carbonyl (C=O) groups excluding carboxylic acids is 1. The summed E-state index contributed by atoms with van der Waals surface area (Å²) in [5.74, 6) is -1.10. The molecule has 0 spiro atoms. The zero-order valence-electron chi connectivity index (χ0n) is 16.4. The average Bonchev–Trinajstić information content (AvgIpc) is 3.02. The summed E-state index contributed by atoms with van der Waals surface area (Å²) in [4.78, 5) is 29.8. The molecule has 0 aliphatic heterocycles. The maximum atomic E-state index is 14.2. The second-order valence-corrected chi connectivity index (χ2v) is 10.4. The first-order chi connectivity index (χ1) is 15.1. The Hall–Kier alpha value is -2.05. The molecule has 0 saturated heterocycles. The lowest BCUT2D eigenvalue weighted by atomic mass is 10.1. The lowest BCUT2D eigenvalue weighted by Gasteiger charge is -2.16. The Kier molecular flexibility index (Phi) is 6.94. The van der Waals surface area contributed by atoms with Gasteiger partial charge in [-0.25, -0.2) is 0 Å². The summed E-state index contributed by atoms with van der Waals surface area (Å²) in [6.07, 6.45) is -4.87. The first-order valence-corrected chi connectivity index (χ1v) is 12.1. The number of ether oxygens (including phenoxy) is 1. The Morgan fingerprint density at radius 3 is 2.42 bits per heavy atom. The molecule has 14 heteroatoms. The van der Waals surface area contributed by atoms with Gasteiger partial charge in [-0.05, 0) is 58.7 Å². The standard InChI is InChI=1S/C19H14BrF5NO5PS/c1-9(10-3-2-4-12(7-10)31-19(23,24)25)26-17(27)11-5-6-14-13(8-11)15(20)16(33-14)18(21,22)32(28,29)30/h2-9H,1H3,(H,26,27)(H2,28,29,30). The quantitative estimate of drug-likeness (QED) is 0.238. The van der Waals surface area contributed by atoms with Crippen molar-refractivity contribution >= 4 is 50.9 Å². The third-order valence-electron chi connectivity index (χ3n) is 4.47. The van der Waals surface area contributed by atoms with Crippen molar-refractivity contribution in [1.29, 1.82) is 0 Å². The molecular formula is C19H14BrF5NO5PS. The van der Waals surface area contributed by atoms with Gasteiger partial charge in [0, 0.05) is 20.1 Å². The van der Waals surface area contributed by atoms with Gasteiger partial charge >= 0.3 is 19.6 Å². The van der Waals surface area contributed by atoms with Crippen LogP contribution >= 0.6 is 34.9 Å². The highest BCUT2D eigenvalue weighted by Crippen LogP contribution is 2.62. The maximum absolute atomic E-state index is 14.2. The second kappa shape index (κ2) is 8.95. The predicted octanol–water partition coefficient (Wildman–Crippen LogP) is 6.28. The number of hydrogen-bond acceptors (Lipinski definition) is 4. The minimum absolute atomic E-state index is 0.0431. The highest BCUT2D eigenvalue weighted by Gasteiger charge is 2.53. The molecule has 1 unspecified atom stereocenters. The van der Waals surface area contributed by atoms with Crippen LogP contribution in [0.2, 0.25) is 0 Å². The molecule has 0 bridgehead atoms. The first kappa shape index (κ1) is 25.6. The van der Waals surface area contributed by atoms with E-state index >= 15 is 0 Å². The molecule has 1 atom stereocenters. The van der Waals surface area contributed by atoms with Crippen molar-refractivity contribution in [3.05, 3.63) is 62.9 Å². The smallest absolute Gasteiger partial charge is 0.406 e. The molecule has 2 aromatic carbocycles. The van der Waals surface area contributed by atoms with E-state index in [1.807, 2.05) is 0 Å². The van der Waals surface area contributed by atoms with Crippen LogP contribution in [0.1, 0.15) is 33.8 Å². The van der Waals surface area contributed by atoms with Gasteiger partial charge in [-0.1, -0.05) is 12.1 Å². The number of hydrogen-bond donors (Lipinski definition) is 3. The number of amides is 1. The molecule has 0 saturated carbocycles. The van der Waals surface area contributed by atoms with Gasteiger partial charge in [0.25, 0.3) is 5.91 Å². The molecule has 0 aliphatic carbocycles. The number of nitrogens with one attached hydrogen (secondary N) is 1. The molecule has 178 valence electrons. The van der Waals surface area contributed by atoms with Crippen LogP contribution in [-0.2, 0) is 10.2 Å². The van der Waals surface area contributed by atoms with Crippen molar-refractivity contribution in [2.75, 3.05) is 0 Å². The summed E-state index contributed by atoms with van der Waals surface area (Å²) in [5.41, 5.74) is -4.05. The van der Waals surface area contributed by atoms with Crippen LogP contribution in [0.15, 0.2) is 46.9 Å². The number of carbonyl (C=O) groups is 1. The van der Waals surface area contributed by atoms with Gasteiger partial charge in [-0.3, -0.25) is 9.36 Å². The normalized spacial score (nSPS) is 13.7. The van der Waals surface area contributed by atoms with Crippen LogP contribution in [-0.4, -0.2) is 22.1 Å². The van der Waals surface area contributed by atoms with E-state index in [-0.39, 0.29) is 20.1 Å². The highest BCUT2D eigenvalue weighted by molar-refractivity contribution is 9.10. The molecule has 1 heterocycles. The first-order valence-electron chi connectivity index (χ1n) is 8.92. The third kappa shape index (κ3) is 5.55. The number of thiophene rings is 1. The summed E-state index contributed by atoms with van der Waals surface area (Å²) in [5, 5.41) is 2.73. The molecule has 1 amide bonds. The van der Waals surface area contributed by atoms with Crippen LogP contribution in [0.25, 0.3) is 10.1 Å². The zero-order valence-corrected chi connectivity index (χ0v) is 19.7. The number of halogens is 6. The van der Waals surface area contributed by atoms with Crippen molar-refractivity contribution in [1.82, 2.24) is 5.32 Å². The van der Waals surface area contributed by atoms with Gasteiger partial charge < -0.3 is 19.8 Å². The molecule has 1 aromatic heterocycles. The fraction of sp³-hybridized carbons (Fsp3) is 0.211. The molecule has 6 nitrogen and oxygen atoms in total. The van der Waals surface area contributed by atoms with Gasteiger partial charge in [0.15, 0.2) is 0 Å². The number of fused-ring (bicyclic) bond motifs is 1. The minimum Gasteiger partial charge on any atom is -0.406 e. The molecule has 33 heavy (non-hydrogen) atoms. The Balaban J connectivity index is 1.85. The summed E-state index contributed by atoms with van der Waals surface area (Å²) < 4.78 is 80.7. The van der Waals surface area contributed by atoms with Gasteiger partial charge in [0.05, 0.1) is 6.04 Å². The van der Waals surface area contributed by atoms with Gasteiger partial charge in [0.1, 0.15) is 10.6 Å². The Labute approximate surface area is 195 Å². The fourth-order valence-corrected chi connectivity index (χ4v) is 5.80. The van der Waals surface area contributed by atoms with Crippen molar-refractivity contribution in [3.8, 4) is 5.75 Å². The summed E-state index contributed by atoms with van der Waals surface area (Å²) >= 11 is 3.40. The fourth-order valence-electron chi connectivity index (χ4n) is 2.88. The Morgan fingerprint density at radius 2 is 1.82 bits per heavy atom. The molecule has 3 N–H and O–H groups in total. The van der Waals surface area contributed by atoms with E-state index < -0.39 is 42.2 Å². The van der Waals surface area contributed by atoms with Crippen molar-refractivity contribution in [2.24, 2.45) is 0 Å². The molecule has 0 radical (unpaired) electrons. The van der Waals surface area contributed by atoms with Crippen LogP contribution < -0.4 is 10.1 Å². The highest BCUT2D eigenvalue weighted by atomic mass is 79.9. The maximum Gasteiger partial charge on any atom is 0.573 e. The van der Waals surface area contributed by atoms with Gasteiger partial charge in [-0.2, -0.15) is 8.78 Å². The van der Waals surface area contributed by atoms with Gasteiger partial charge in [-0.15, -0.1) is 24.5 Å².